The summed E-state index contributed by atoms with van der Waals surface area (Å²) in [5, 5.41) is 13.0. The molecule has 0 bridgehead atoms. The third-order valence-corrected chi connectivity index (χ3v) is 3.20. The van der Waals surface area contributed by atoms with Gasteiger partial charge < -0.3 is 15.0 Å². The maximum absolute atomic E-state index is 13.2. The molecule has 21 heavy (non-hydrogen) atoms. The Morgan fingerprint density at radius 1 is 1.19 bits per heavy atom. The molecule has 2 aromatic carbocycles. The summed E-state index contributed by atoms with van der Waals surface area (Å²) >= 11 is 0. The van der Waals surface area contributed by atoms with Gasteiger partial charge in [0.15, 0.2) is 0 Å². The lowest BCUT2D eigenvalue weighted by atomic mass is 10.2. The molecule has 2 N–H and O–H groups in total. The van der Waals surface area contributed by atoms with E-state index in [-0.39, 0.29) is 11.6 Å². The molecule has 1 heterocycles. The number of para-hydroxylation sites is 2. The van der Waals surface area contributed by atoms with Gasteiger partial charge in [0.25, 0.3) is 0 Å². The van der Waals surface area contributed by atoms with Crippen LogP contribution in [0, 0.1) is 5.82 Å². The first kappa shape index (κ1) is 13.2. The van der Waals surface area contributed by atoms with Crippen molar-refractivity contribution in [3.8, 4) is 11.4 Å². The van der Waals surface area contributed by atoms with Gasteiger partial charge in [-0.05, 0) is 30.3 Å². The predicted octanol–water partition coefficient (Wildman–Crippen LogP) is 3.33. The van der Waals surface area contributed by atoms with Gasteiger partial charge in [-0.15, -0.1) is 0 Å². The minimum Gasteiger partial charge on any atom is -0.508 e. The molecule has 0 aliphatic heterocycles. The number of nitrogens with zero attached hydrogens (tertiary/aromatic N) is 2. The molecule has 106 valence electrons. The normalized spacial score (nSPS) is 10.5. The highest BCUT2D eigenvalue weighted by molar-refractivity contribution is 5.61. The molecule has 0 aliphatic rings. The number of aromatic hydroxyl groups is 1. The zero-order chi connectivity index (χ0) is 14.7. The molecule has 0 unspecified atom stereocenters. The fourth-order valence-corrected chi connectivity index (χ4v) is 2.14. The molecule has 3 rings (SSSR count). The quantitative estimate of drug-likeness (QED) is 0.772. The van der Waals surface area contributed by atoms with E-state index >= 15 is 0 Å². The number of phenolic OH excluding ortho intramolecular Hbond substituents is 1. The standard InChI is InChI=1S/C16H14FN3O/c17-13-5-6-16(21)12(9-13)10-19-14-3-1-2-4-15(14)20-8-7-18-11-20/h1-9,11,19,21H,10H2. The molecule has 0 spiro atoms. The van der Waals surface area contributed by atoms with Gasteiger partial charge in [0.1, 0.15) is 11.6 Å². The summed E-state index contributed by atoms with van der Waals surface area (Å²) < 4.78 is 15.1. The van der Waals surface area contributed by atoms with Crippen LogP contribution < -0.4 is 5.32 Å². The minimum atomic E-state index is -0.368. The lowest BCUT2D eigenvalue weighted by molar-refractivity contribution is 0.466. The topological polar surface area (TPSA) is 50.1 Å². The second-order valence-corrected chi connectivity index (χ2v) is 4.61. The average Bonchev–Trinajstić information content (AvgIpc) is 3.03. The van der Waals surface area contributed by atoms with Crippen molar-refractivity contribution in [3.63, 3.8) is 0 Å². The van der Waals surface area contributed by atoms with Crippen molar-refractivity contribution in [1.82, 2.24) is 9.55 Å². The van der Waals surface area contributed by atoms with Gasteiger partial charge in [-0.25, -0.2) is 9.37 Å². The molecule has 0 saturated carbocycles. The number of rotatable bonds is 4. The van der Waals surface area contributed by atoms with Crippen molar-refractivity contribution >= 4 is 5.69 Å². The number of phenols is 1. The number of imidazole rings is 1. The van der Waals surface area contributed by atoms with Gasteiger partial charge >= 0.3 is 0 Å². The SMILES string of the molecule is Oc1ccc(F)cc1CNc1ccccc1-n1ccnc1. The predicted molar refractivity (Wildman–Crippen MR) is 79.0 cm³/mol. The van der Waals surface area contributed by atoms with Crippen molar-refractivity contribution in [1.29, 1.82) is 0 Å². The summed E-state index contributed by atoms with van der Waals surface area (Å²) in [7, 11) is 0. The first-order valence-electron chi connectivity index (χ1n) is 6.52. The van der Waals surface area contributed by atoms with Crippen LogP contribution in [0.4, 0.5) is 10.1 Å². The Morgan fingerprint density at radius 2 is 2.05 bits per heavy atom. The molecule has 0 radical (unpaired) electrons. The van der Waals surface area contributed by atoms with Crippen LogP contribution in [0.3, 0.4) is 0 Å². The van der Waals surface area contributed by atoms with Gasteiger partial charge in [0.05, 0.1) is 17.7 Å². The first-order valence-corrected chi connectivity index (χ1v) is 6.52. The van der Waals surface area contributed by atoms with Crippen molar-refractivity contribution in [2.45, 2.75) is 6.54 Å². The number of hydrogen-bond acceptors (Lipinski definition) is 3. The third kappa shape index (κ3) is 2.86. The highest BCUT2D eigenvalue weighted by Gasteiger charge is 2.06. The summed E-state index contributed by atoms with van der Waals surface area (Å²) in [4.78, 5) is 4.03. The van der Waals surface area contributed by atoms with Crippen LogP contribution in [0.1, 0.15) is 5.56 Å². The first-order chi connectivity index (χ1) is 10.2. The van der Waals surface area contributed by atoms with Crippen molar-refractivity contribution in [2.24, 2.45) is 0 Å². The Morgan fingerprint density at radius 3 is 2.86 bits per heavy atom. The van der Waals surface area contributed by atoms with Crippen LogP contribution in [0.5, 0.6) is 5.75 Å². The maximum Gasteiger partial charge on any atom is 0.123 e. The summed E-state index contributed by atoms with van der Waals surface area (Å²) in [6, 6.07) is 11.6. The zero-order valence-corrected chi connectivity index (χ0v) is 11.2. The monoisotopic (exact) mass is 283 g/mol. The lowest BCUT2D eigenvalue weighted by Gasteiger charge is -2.13. The summed E-state index contributed by atoms with van der Waals surface area (Å²) in [6.07, 6.45) is 5.26. The second kappa shape index (κ2) is 5.66. The van der Waals surface area contributed by atoms with Crippen LogP contribution in [-0.4, -0.2) is 14.7 Å². The fraction of sp³-hybridized carbons (Fsp3) is 0.0625. The van der Waals surface area contributed by atoms with Gasteiger partial charge in [-0.3, -0.25) is 0 Å². The fourth-order valence-electron chi connectivity index (χ4n) is 2.14. The maximum atomic E-state index is 13.2. The molecule has 1 aromatic heterocycles. The van der Waals surface area contributed by atoms with E-state index in [1.54, 1.807) is 12.5 Å². The Hall–Kier alpha value is -2.82. The molecular formula is C16H14FN3O. The zero-order valence-electron chi connectivity index (χ0n) is 11.2. The molecule has 5 heteroatoms. The van der Waals surface area contributed by atoms with Crippen molar-refractivity contribution in [2.75, 3.05) is 5.32 Å². The van der Waals surface area contributed by atoms with E-state index in [1.165, 1.54) is 18.2 Å². The van der Waals surface area contributed by atoms with Crippen LogP contribution in [-0.2, 0) is 6.54 Å². The van der Waals surface area contributed by atoms with Crippen LogP contribution in [0.2, 0.25) is 0 Å². The van der Waals surface area contributed by atoms with Crippen molar-refractivity contribution < 1.29 is 9.50 Å². The van der Waals surface area contributed by atoms with E-state index in [4.69, 9.17) is 0 Å². The number of hydrogen-bond donors (Lipinski definition) is 2. The third-order valence-electron chi connectivity index (χ3n) is 3.20. The Balaban J connectivity index is 1.84. The summed E-state index contributed by atoms with van der Waals surface area (Å²) in [6.45, 7) is 0.329. The molecule has 0 atom stereocenters. The number of benzene rings is 2. The molecule has 0 saturated heterocycles. The Labute approximate surface area is 121 Å². The van der Waals surface area contributed by atoms with Crippen molar-refractivity contribution in [3.05, 3.63) is 72.6 Å². The molecule has 0 aliphatic carbocycles. The average molecular weight is 283 g/mol. The minimum absolute atomic E-state index is 0.0732. The molecule has 4 nitrogen and oxygen atoms in total. The van der Waals surface area contributed by atoms with E-state index < -0.39 is 0 Å². The van der Waals surface area contributed by atoms with Crippen LogP contribution >= 0.6 is 0 Å². The number of halogens is 1. The number of aromatic nitrogens is 2. The summed E-state index contributed by atoms with van der Waals surface area (Å²) in [5.41, 5.74) is 2.32. The van der Waals surface area contributed by atoms with E-state index in [0.717, 1.165) is 11.4 Å². The summed E-state index contributed by atoms with van der Waals surface area (Å²) in [5.74, 6) is -0.295. The van der Waals surface area contributed by atoms with Gasteiger partial charge in [0, 0.05) is 24.5 Å². The van der Waals surface area contributed by atoms with Crippen LogP contribution in [0.25, 0.3) is 5.69 Å². The Kier molecular flexibility index (Phi) is 3.55. The van der Waals surface area contributed by atoms with E-state index in [1.807, 2.05) is 35.0 Å². The highest BCUT2D eigenvalue weighted by Crippen LogP contribution is 2.23. The number of nitrogens with one attached hydrogen (secondary N) is 1. The molecule has 0 fully saturated rings. The molecular weight excluding hydrogens is 269 g/mol. The van der Waals surface area contributed by atoms with E-state index in [0.29, 0.717) is 12.1 Å². The van der Waals surface area contributed by atoms with E-state index in [2.05, 4.69) is 10.3 Å². The Bertz CT molecular complexity index is 741. The lowest BCUT2D eigenvalue weighted by Crippen LogP contribution is -2.04. The molecule has 3 aromatic rings. The van der Waals surface area contributed by atoms with Crippen LogP contribution in [0.15, 0.2) is 61.2 Å². The smallest absolute Gasteiger partial charge is 0.123 e. The number of anilines is 1. The molecule has 0 amide bonds. The van der Waals surface area contributed by atoms with Gasteiger partial charge in [0.2, 0.25) is 0 Å². The highest BCUT2D eigenvalue weighted by atomic mass is 19.1. The second-order valence-electron chi connectivity index (χ2n) is 4.61. The largest absolute Gasteiger partial charge is 0.508 e. The van der Waals surface area contributed by atoms with Gasteiger partial charge in [-0.1, -0.05) is 12.1 Å². The van der Waals surface area contributed by atoms with E-state index in [9.17, 15) is 9.50 Å². The van der Waals surface area contributed by atoms with Gasteiger partial charge in [-0.2, -0.15) is 0 Å².